The van der Waals surface area contributed by atoms with Gasteiger partial charge >= 0.3 is 0 Å². The second-order valence-corrected chi connectivity index (χ2v) is 8.66. The number of hydrogen-bond donors (Lipinski definition) is 2. The van der Waals surface area contributed by atoms with Crippen molar-refractivity contribution in [2.24, 2.45) is 0 Å². The predicted molar refractivity (Wildman–Crippen MR) is 125 cm³/mol. The van der Waals surface area contributed by atoms with E-state index in [1.54, 1.807) is 31.2 Å². The van der Waals surface area contributed by atoms with Crippen LogP contribution < -0.4 is 10.9 Å². The van der Waals surface area contributed by atoms with Crippen molar-refractivity contribution in [2.75, 3.05) is 5.32 Å². The first-order valence-electron chi connectivity index (χ1n) is 9.90. The number of nitrogens with zero attached hydrogens (tertiary/aromatic N) is 2. The first kappa shape index (κ1) is 22.0. The van der Waals surface area contributed by atoms with Gasteiger partial charge in [0.25, 0.3) is 5.56 Å². The largest absolute Gasteiger partial charge is 0.326 e. The van der Waals surface area contributed by atoms with Crippen LogP contribution in [0.15, 0.2) is 52.6 Å². The normalized spacial score (nSPS) is 11.0. The highest BCUT2D eigenvalue weighted by atomic mass is 35.5. The summed E-state index contributed by atoms with van der Waals surface area (Å²) in [7, 11) is 0. The Kier molecular flexibility index (Phi) is 6.25. The molecule has 0 aliphatic rings. The van der Waals surface area contributed by atoms with Crippen LogP contribution in [-0.4, -0.2) is 20.7 Å². The Morgan fingerprint density at radius 1 is 1.22 bits per heavy atom. The van der Waals surface area contributed by atoms with Crippen molar-refractivity contribution in [1.29, 1.82) is 0 Å². The van der Waals surface area contributed by atoms with E-state index in [0.29, 0.717) is 32.8 Å². The smallest absolute Gasteiger partial charge is 0.276 e. The first-order chi connectivity index (χ1) is 15.3. The zero-order valence-corrected chi connectivity index (χ0v) is 19.0. The maximum atomic E-state index is 13.2. The number of rotatable bonds is 6. The molecule has 32 heavy (non-hydrogen) atoms. The van der Waals surface area contributed by atoms with Crippen LogP contribution in [0, 0.1) is 19.7 Å². The van der Waals surface area contributed by atoms with Gasteiger partial charge < -0.3 is 5.32 Å². The van der Waals surface area contributed by atoms with Crippen molar-refractivity contribution in [1.82, 2.24) is 14.8 Å². The molecule has 6 nitrogen and oxygen atoms in total. The number of benzene rings is 2. The van der Waals surface area contributed by atoms with Crippen LogP contribution in [0.5, 0.6) is 0 Å². The number of amides is 1. The third-order valence-corrected chi connectivity index (χ3v) is 6.15. The lowest BCUT2D eigenvalue weighted by atomic mass is 10.1. The molecule has 164 valence electrons. The summed E-state index contributed by atoms with van der Waals surface area (Å²) in [4.78, 5) is 29.9. The van der Waals surface area contributed by atoms with Crippen LogP contribution >= 0.6 is 22.9 Å². The third kappa shape index (κ3) is 4.66. The second-order valence-electron chi connectivity index (χ2n) is 7.39. The van der Waals surface area contributed by atoms with Gasteiger partial charge in [0, 0.05) is 39.3 Å². The number of hydrogen-bond acceptors (Lipinski definition) is 4. The summed E-state index contributed by atoms with van der Waals surface area (Å²) in [6, 6.07) is 11.3. The van der Waals surface area contributed by atoms with Gasteiger partial charge in [0.05, 0.1) is 5.69 Å². The fraction of sp³-hybridized carbons (Fsp3) is 0.174. The molecule has 1 amide bonds. The molecule has 0 atom stereocenters. The molecule has 0 unspecified atom stereocenters. The van der Waals surface area contributed by atoms with E-state index >= 15 is 0 Å². The zero-order chi connectivity index (χ0) is 22.8. The van der Waals surface area contributed by atoms with Gasteiger partial charge in [-0.3, -0.25) is 14.7 Å². The molecule has 2 aromatic heterocycles. The molecule has 4 rings (SSSR count). The van der Waals surface area contributed by atoms with Gasteiger partial charge in [0.2, 0.25) is 11.0 Å². The number of aromatic amines is 1. The molecule has 0 bridgehead atoms. The van der Waals surface area contributed by atoms with E-state index in [-0.39, 0.29) is 30.1 Å². The van der Waals surface area contributed by atoms with E-state index in [9.17, 15) is 14.0 Å². The fourth-order valence-electron chi connectivity index (χ4n) is 3.31. The minimum atomic E-state index is -0.320. The average molecular weight is 471 g/mol. The van der Waals surface area contributed by atoms with Crippen LogP contribution in [0.2, 0.25) is 5.02 Å². The molecule has 2 N–H and O–H groups in total. The number of carbonyl (C=O) groups is 1. The van der Waals surface area contributed by atoms with E-state index in [0.717, 1.165) is 11.1 Å². The van der Waals surface area contributed by atoms with E-state index in [4.69, 9.17) is 11.6 Å². The Labute approximate surface area is 192 Å². The van der Waals surface area contributed by atoms with Gasteiger partial charge in [0.15, 0.2) is 0 Å². The van der Waals surface area contributed by atoms with E-state index < -0.39 is 0 Å². The molecule has 0 spiro atoms. The summed E-state index contributed by atoms with van der Waals surface area (Å²) in [6.45, 7) is 3.68. The predicted octanol–water partition coefficient (Wildman–Crippen LogP) is 5.27. The van der Waals surface area contributed by atoms with Gasteiger partial charge in [-0.1, -0.05) is 17.7 Å². The molecule has 0 saturated carbocycles. The lowest BCUT2D eigenvalue weighted by Gasteiger charge is -2.08. The molecule has 0 radical (unpaired) electrons. The van der Waals surface area contributed by atoms with Gasteiger partial charge in [-0.25, -0.2) is 9.37 Å². The van der Waals surface area contributed by atoms with Gasteiger partial charge in [-0.15, -0.1) is 11.3 Å². The Morgan fingerprint density at radius 3 is 2.72 bits per heavy atom. The van der Waals surface area contributed by atoms with Crippen molar-refractivity contribution in [2.45, 2.75) is 26.7 Å². The lowest BCUT2D eigenvalue weighted by molar-refractivity contribution is -0.116. The molecule has 2 aromatic carbocycles. The molecule has 0 fully saturated rings. The van der Waals surface area contributed by atoms with Gasteiger partial charge in [0.1, 0.15) is 5.82 Å². The van der Waals surface area contributed by atoms with Crippen LogP contribution in [-0.2, 0) is 11.2 Å². The average Bonchev–Trinajstić information content (AvgIpc) is 3.35. The standard InChI is InChI=1S/C23H20ClFN4O2S/c1-13-3-6-16(24)11-19(13)26-21(30)10-9-18-14(2)28-29(22(18)31)23-27-20(12-32-23)15-4-7-17(25)8-5-15/h3-8,11-12,28H,9-10H2,1-2H3,(H,26,30). The highest BCUT2D eigenvalue weighted by Gasteiger charge is 2.17. The Morgan fingerprint density at radius 2 is 1.97 bits per heavy atom. The Bertz CT molecular complexity index is 1340. The van der Waals surface area contributed by atoms with Crippen molar-refractivity contribution >= 4 is 34.5 Å². The molecule has 9 heteroatoms. The quantitative estimate of drug-likeness (QED) is 0.403. The van der Waals surface area contributed by atoms with Crippen molar-refractivity contribution in [3.63, 3.8) is 0 Å². The molecule has 0 aliphatic heterocycles. The number of nitrogens with one attached hydrogen (secondary N) is 2. The van der Waals surface area contributed by atoms with Crippen LogP contribution in [0.3, 0.4) is 0 Å². The fourth-order valence-corrected chi connectivity index (χ4v) is 4.27. The number of carbonyl (C=O) groups excluding carboxylic acids is 1. The third-order valence-electron chi connectivity index (χ3n) is 5.09. The van der Waals surface area contributed by atoms with Gasteiger partial charge in [-0.2, -0.15) is 4.68 Å². The minimum Gasteiger partial charge on any atom is -0.326 e. The molecular weight excluding hydrogens is 451 g/mol. The van der Waals surface area contributed by atoms with Crippen molar-refractivity contribution in [3.8, 4) is 16.4 Å². The summed E-state index contributed by atoms with van der Waals surface area (Å²) in [5.41, 5.74) is 3.95. The van der Waals surface area contributed by atoms with E-state index in [2.05, 4.69) is 15.4 Å². The van der Waals surface area contributed by atoms with Crippen LogP contribution in [0.4, 0.5) is 10.1 Å². The maximum Gasteiger partial charge on any atom is 0.276 e. The highest BCUT2D eigenvalue weighted by Crippen LogP contribution is 2.24. The number of halogens is 2. The summed E-state index contributed by atoms with van der Waals surface area (Å²) in [5.74, 6) is -0.519. The summed E-state index contributed by atoms with van der Waals surface area (Å²) in [5, 5.41) is 8.71. The van der Waals surface area contributed by atoms with Crippen molar-refractivity contribution < 1.29 is 9.18 Å². The lowest BCUT2D eigenvalue weighted by Crippen LogP contribution is -2.19. The molecule has 4 aromatic rings. The number of aryl methyl sites for hydroxylation is 2. The number of aromatic nitrogens is 3. The Hall–Kier alpha value is -3.23. The summed E-state index contributed by atoms with van der Waals surface area (Å²) < 4.78 is 14.5. The number of thiazole rings is 1. The zero-order valence-electron chi connectivity index (χ0n) is 17.4. The summed E-state index contributed by atoms with van der Waals surface area (Å²) in [6.07, 6.45) is 0.439. The first-order valence-corrected chi connectivity index (χ1v) is 11.2. The maximum absolute atomic E-state index is 13.2. The monoisotopic (exact) mass is 470 g/mol. The number of H-pyrrole nitrogens is 1. The van der Waals surface area contributed by atoms with E-state index in [1.807, 2.05) is 18.4 Å². The summed E-state index contributed by atoms with van der Waals surface area (Å²) >= 11 is 7.30. The minimum absolute atomic E-state index is 0.151. The second kappa shape index (κ2) is 9.10. The number of anilines is 1. The molecular formula is C23H20ClFN4O2S. The Balaban J connectivity index is 1.49. The van der Waals surface area contributed by atoms with E-state index in [1.165, 1.54) is 28.2 Å². The molecule has 0 aliphatic carbocycles. The van der Waals surface area contributed by atoms with Crippen molar-refractivity contribution in [3.05, 3.63) is 85.9 Å². The molecule has 0 saturated heterocycles. The molecule has 2 heterocycles. The highest BCUT2D eigenvalue weighted by molar-refractivity contribution is 7.12. The topological polar surface area (TPSA) is 79.8 Å². The van der Waals surface area contributed by atoms with Gasteiger partial charge in [-0.05, 0) is 62.2 Å². The SMILES string of the molecule is Cc1ccc(Cl)cc1NC(=O)CCc1c(C)[nH]n(-c2nc(-c3ccc(F)cc3)cs2)c1=O. The van der Waals surface area contributed by atoms with Crippen LogP contribution in [0.25, 0.3) is 16.4 Å². The van der Waals surface area contributed by atoms with Crippen LogP contribution in [0.1, 0.15) is 23.2 Å².